The van der Waals surface area contributed by atoms with Crippen molar-refractivity contribution >= 4 is 21.8 Å². The van der Waals surface area contributed by atoms with E-state index in [1.807, 2.05) is 12.1 Å². The summed E-state index contributed by atoms with van der Waals surface area (Å²) in [7, 11) is 0. The number of nitrogens with zero attached hydrogens (tertiary/aromatic N) is 3. The number of fused-ring (bicyclic) bond motifs is 1. The van der Waals surface area contributed by atoms with Crippen molar-refractivity contribution in [1.29, 1.82) is 5.26 Å². The third-order valence-electron chi connectivity index (χ3n) is 5.49. The molecule has 0 saturated heterocycles. The highest BCUT2D eigenvalue weighted by Gasteiger charge is 2.43. The molecule has 0 bridgehead atoms. The van der Waals surface area contributed by atoms with Crippen molar-refractivity contribution in [2.75, 3.05) is 0 Å². The van der Waals surface area contributed by atoms with Gasteiger partial charge in [-0.2, -0.15) is 5.26 Å². The first-order valence-electron chi connectivity index (χ1n) is 9.04. The standard InChI is InChI=1S/C20H19BrN4O2/c21-19-7-17(2-1-12(19)8-22)27-18-5-13-3-16(4-14(13)6-18)25-20(26)15-9-23-11-24-10-15/h1-2,7,9-11,13-14,16,18H,3-6H2,(H,25,26). The number of rotatable bonds is 4. The number of aromatic nitrogens is 2. The Balaban J connectivity index is 1.30. The zero-order valence-electron chi connectivity index (χ0n) is 14.6. The molecule has 2 aliphatic rings. The molecule has 1 aromatic carbocycles. The molecule has 7 heteroatoms. The Labute approximate surface area is 166 Å². The summed E-state index contributed by atoms with van der Waals surface area (Å²) in [6.45, 7) is 0. The highest BCUT2D eigenvalue weighted by Crippen LogP contribution is 2.45. The first kappa shape index (κ1) is 17.9. The van der Waals surface area contributed by atoms with Gasteiger partial charge in [-0.3, -0.25) is 4.79 Å². The van der Waals surface area contributed by atoms with Gasteiger partial charge in [-0.05, 0) is 71.6 Å². The van der Waals surface area contributed by atoms with Crippen LogP contribution in [-0.4, -0.2) is 28.0 Å². The van der Waals surface area contributed by atoms with Crippen LogP contribution in [0.15, 0.2) is 41.4 Å². The quantitative estimate of drug-likeness (QED) is 0.808. The molecule has 138 valence electrons. The summed E-state index contributed by atoms with van der Waals surface area (Å²) in [4.78, 5) is 20.1. The van der Waals surface area contributed by atoms with E-state index < -0.39 is 0 Å². The van der Waals surface area contributed by atoms with Crippen molar-refractivity contribution in [2.45, 2.75) is 37.8 Å². The predicted molar refractivity (Wildman–Crippen MR) is 102 cm³/mol. The smallest absolute Gasteiger partial charge is 0.254 e. The molecule has 2 fully saturated rings. The zero-order valence-corrected chi connectivity index (χ0v) is 16.2. The summed E-state index contributed by atoms with van der Waals surface area (Å²) in [5, 5.41) is 12.1. The molecule has 2 atom stereocenters. The molecule has 1 aromatic heterocycles. The van der Waals surface area contributed by atoms with E-state index in [1.54, 1.807) is 6.07 Å². The molecular weight excluding hydrogens is 408 g/mol. The van der Waals surface area contributed by atoms with Crippen LogP contribution < -0.4 is 10.1 Å². The summed E-state index contributed by atoms with van der Waals surface area (Å²) < 4.78 is 6.89. The molecule has 2 aromatic rings. The van der Waals surface area contributed by atoms with E-state index in [1.165, 1.54) is 18.7 Å². The number of amides is 1. The highest BCUT2D eigenvalue weighted by molar-refractivity contribution is 9.10. The fraction of sp³-hybridized carbons (Fsp3) is 0.400. The second-order valence-corrected chi connectivity index (χ2v) is 8.11. The Morgan fingerprint density at radius 1 is 1.19 bits per heavy atom. The van der Waals surface area contributed by atoms with Crippen LogP contribution in [0.1, 0.15) is 41.6 Å². The van der Waals surface area contributed by atoms with Gasteiger partial charge < -0.3 is 10.1 Å². The Kier molecular flexibility index (Phi) is 5.08. The van der Waals surface area contributed by atoms with Gasteiger partial charge in [0.05, 0.1) is 17.2 Å². The van der Waals surface area contributed by atoms with E-state index in [0.29, 0.717) is 23.0 Å². The molecule has 1 amide bonds. The van der Waals surface area contributed by atoms with Gasteiger partial charge in [0.2, 0.25) is 0 Å². The fourth-order valence-corrected chi connectivity index (χ4v) is 4.76. The number of carbonyl (C=O) groups excluding carboxylic acids is 1. The van der Waals surface area contributed by atoms with Gasteiger partial charge in [-0.25, -0.2) is 9.97 Å². The maximum atomic E-state index is 12.3. The fourth-order valence-electron chi connectivity index (χ4n) is 4.31. The Morgan fingerprint density at radius 2 is 1.89 bits per heavy atom. The molecule has 2 unspecified atom stereocenters. The van der Waals surface area contributed by atoms with Crippen LogP contribution in [0.3, 0.4) is 0 Å². The van der Waals surface area contributed by atoms with Crippen molar-refractivity contribution in [3.05, 3.63) is 52.5 Å². The third kappa shape index (κ3) is 3.96. The molecule has 0 aliphatic heterocycles. The largest absolute Gasteiger partial charge is 0.490 e. The lowest BCUT2D eigenvalue weighted by molar-refractivity contribution is 0.0934. The number of hydrogen-bond donors (Lipinski definition) is 1. The topological polar surface area (TPSA) is 87.9 Å². The molecule has 0 radical (unpaired) electrons. The van der Waals surface area contributed by atoms with E-state index in [-0.39, 0.29) is 18.1 Å². The zero-order chi connectivity index (χ0) is 18.8. The van der Waals surface area contributed by atoms with E-state index in [9.17, 15) is 4.79 Å². The summed E-state index contributed by atoms with van der Waals surface area (Å²) >= 11 is 3.40. The summed E-state index contributed by atoms with van der Waals surface area (Å²) in [5.41, 5.74) is 1.11. The number of nitriles is 1. The minimum Gasteiger partial charge on any atom is -0.490 e. The first-order valence-corrected chi connectivity index (χ1v) is 9.84. The number of benzene rings is 1. The monoisotopic (exact) mass is 426 g/mol. The van der Waals surface area contributed by atoms with Crippen LogP contribution in [0.2, 0.25) is 0 Å². The van der Waals surface area contributed by atoms with Gasteiger partial charge in [0.25, 0.3) is 5.91 Å². The molecule has 1 N–H and O–H groups in total. The van der Waals surface area contributed by atoms with Crippen LogP contribution in [0.25, 0.3) is 0 Å². The molecule has 4 rings (SSSR count). The molecule has 27 heavy (non-hydrogen) atoms. The van der Waals surface area contributed by atoms with E-state index in [2.05, 4.69) is 37.3 Å². The molecule has 2 saturated carbocycles. The normalized spacial score (nSPS) is 26.2. The van der Waals surface area contributed by atoms with Gasteiger partial charge in [-0.1, -0.05) is 0 Å². The van der Waals surface area contributed by atoms with Gasteiger partial charge in [-0.15, -0.1) is 0 Å². The summed E-state index contributed by atoms with van der Waals surface area (Å²) in [5.74, 6) is 1.85. The maximum Gasteiger partial charge on any atom is 0.254 e. The molecule has 6 nitrogen and oxygen atoms in total. The number of hydrogen-bond acceptors (Lipinski definition) is 5. The molecule has 2 aliphatic carbocycles. The highest BCUT2D eigenvalue weighted by atomic mass is 79.9. The van der Waals surface area contributed by atoms with Crippen molar-refractivity contribution in [2.24, 2.45) is 11.8 Å². The van der Waals surface area contributed by atoms with Crippen molar-refractivity contribution in [3.63, 3.8) is 0 Å². The average Bonchev–Trinajstić information content (AvgIpc) is 3.20. The maximum absolute atomic E-state index is 12.3. The van der Waals surface area contributed by atoms with Crippen molar-refractivity contribution in [1.82, 2.24) is 15.3 Å². The van der Waals surface area contributed by atoms with Gasteiger partial charge >= 0.3 is 0 Å². The second-order valence-electron chi connectivity index (χ2n) is 7.25. The molecule has 0 spiro atoms. The van der Waals surface area contributed by atoms with Crippen LogP contribution in [0.4, 0.5) is 0 Å². The number of ether oxygens (including phenoxy) is 1. The van der Waals surface area contributed by atoms with E-state index in [0.717, 1.165) is 35.9 Å². The summed E-state index contributed by atoms with van der Waals surface area (Å²) in [6.07, 6.45) is 8.67. The van der Waals surface area contributed by atoms with Gasteiger partial charge in [0.1, 0.15) is 18.1 Å². The van der Waals surface area contributed by atoms with Crippen LogP contribution in [0.5, 0.6) is 5.75 Å². The van der Waals surface area contributed by atoms with Crippen molar-refractivity contribution < 1.29 is 9.53 Å². The minimum atomic E-state index is -0.101. The van der Waals surface area contributed by atoms with Crippen molar-refractivity contribution in [3.8, 4) is 11.8 Å². The number of carbonyl (C=O) groups is 1. The number of nitrogens with one attached hydrogen (secondary N) is 1. The van der Waals surface area contributed by atoms with E-state index in [4.69, 9.17) is 10.00 Å². The lowest BCUT2D eigenvalue weighted by Gasteiger charge is -2.18. The van der Waals surface area contributed by atoms with Crippen LogP contribution in [0, 0.1) is 23.2 Å². The number of halogens is 1. The SMILES string of the molecule is N#Cc1ccc(OC2CC3CC(NC(=O)c4cncnc4)CC3C2)cc1Br. The minimum absolute atomic E-state index is 0.101. The first-order chi connectivity index (χ1) is 13.1. The Morgan fingerprint density at radius 3 is 2.52 bits per heavy atom. The van der Waals surface area contributed by atoms with E-state index >= 15 is 0 Å². The predicted octanol–water partition coefficient (Wildman–Crippen LogP) is 3.48. The second kappa shape index (κ2) is 7.65. The third-order valence-corrected chi connectivity index (χ3v) is 6.15. The lowest BCUT2D eigenvalue weighted by Crippen LogP contribution is -2.33. The van der Waals surface area contributed by atoms with Crippen LogP contribution in [-0.2, 0) is 0 Å². The van der Waals surface area contributed by atoms with Gasteiger partial charge in [0, 0.05) is 22.9 Å². The van der Waals surface area contributed by atoms with Crippen LogP contribution >= 0.6 is 15.9 Å². The molecule has 1 heterocycles. The average molecular weight is 427 g/mol. The Hall–Kier alpha value is -2.46. The summed E-state index contributed by atoms with van der Waals surface area (Å²) in [6, 6.07) is 7.82. The molecular formula is C20H19BrN4O2. The Bertz CT molecular complexity index is 869. The van der Waals surface area contributed by atoms with Gasteiger partial charge in [0.15, 0.2) is 0 Å². The lowest BCUT2D eigenvalue weighted by atomic mass is 10.0.